The number of nitrogens with one attached hydrogen (secondary N) is 3. The summed E-state index contributed by atoms with van der Waals surface area (Å²) in [5.41, 5.74) is 4.98. The first-order valence-electron chi connectivity index (χ1n) is 5.04. The number of hydrogen-bond acceptors (Lipinski definition) is 5. The van der Waals surface area contributed by atoms with Crippen LogP contribution in [0.4, 0.5) is 0 Å². The maximum atomic E-state index is 10.1. The number of rotatable bonds is 0. The van der Waals surface area contributed by atoms with Crippen LogP contribution in [0.2, 0.25) is 0 Å². The zero-order valence-electron chi connectivity index (χ0n) is 8.20. The Labute approximate surface area is 86.9 Å². The van der Waals surface area contributed by atoms with Crippen molar-refractivity contribution in [1.82, 2.24) is 15.5 Å². The molecule has 3 aliphatic heterocycles. The first-order valence-corrected chi connectivity index (χ1v) is 5.04. The monoisotopic (exact) mass is 210 g/mol. The van der Waals surface area contributed by atoms with E-state index in [1.54, 1.807) is 0 Å². The van der Waals surface area contributed by atoms with Gasteiger partial charge in [-0.3, -0.25) is 5.41 Å². The van der Waals surface area contributed by atoms with E-state index in [9.17, 15) is 5.11 Å². The highest BCUT2D eigenvalue weighted by Gasteiger charge is 2.59. The third kappa shape index (κ3) is 0.883. The molecular formula is C8H14N6O. The van der Waals surface area contributed by atoms with Gasteiger partial charge < -0.3 is 26.4 Å². The summed E-state index contributed by atoms with van der Waals surface area (Å²) in [6.07, 6.45) is 0.103. The molecule has 6 N–H and O–H groups in total. The lowest BCUT2D eigenvalue weighted by Crippen LogP contribution is -2.73. The lowest BCUT2D eigenvalue weighted by molar-refractivity contribution is 0.0265. The van der Waals surface area contributed by atoms with Crippen LogP contribution in [0.5, 0.6) is 0 Å². The van der Waals surface area contributed by atoms with Crippen molar-refractivity contribution in [1.29, 1.82) is 5.41 Å². The van der Waals surface area contributed by atoms with Crippen LogP contribution < -0.4 is 16.4 Å². The normalized spacial score (nSPS) is 42.9. The molecule has 0 radical (unpaired) electrons. The molecule has 0 aromatic rings. The number of hydrogen-bond donors (Lipinski definition) is 5. The van der Waals surface area contributed by atoms with Crippen LogP contribution in [0, 0.1) is 5.41 Å². The van der Waals surface area contributed by atoms with E-state index in [0.29, 0.717) is 31.4 Å². The van der Waals surface area contributed by atoms with Crippen LogP contribution in [0.15, 0.2) is 4.99 Å². The van der Waals surface area contributed by atoms with Gasteiger partial charge in [0.2, 0.25) is 0 Å². The third-order valence-corrected chi connectivity index (χ3v) is 3.44. The van der Waals surface area contributed by atoms with Crippen LogP contribution in [0.3, 0.4) is 0 Å². The number of aliphatic hydroxyl groups excluding tert-OH is 1. The zero-order chi connectivity index (χ0) is 10.6. The van der Waals surface area contributed by atoms with Crippen LogP contribution in [0.1, 0.15) is 6.42 Å². The predicted molar refractivity (Wildman–Crippen MR) is 54.3 cm³/mol. The largest absolute Gasteiger partial charge is 0.389 e. The molecule has 3 rings (SSSR count). The topological polar surface area (TPSA) is 110 Å². The Bertz CT molecular complexity index is 355. The Balaban J connectivity index is 2.05. The lowest BCUT2D eigenvalue weighted by atomic mass is 9.94. The molecule has 3 heterocycles. The summed E-state index contributed by atoms with van der Waals surface area (Å²) >= 11 is 0. The van der Waals surface area contributed by atoms with E-state index >= 15 is 0 Å². The smallest absolute Gasteiger partial charge is 0.193 e. The molecule has 82 valence electrons. The number of aliphatic hydroxyl groups is 1. The highest BCUT2D eigenvalue weighted by atomic mass is 16.3. The molecule has 1 unspecified atom stereocenters. The van der Waals surface area contributed by atoms with E-state index in [2.05, 4.69) is 15.6 Å². The van der Waals surface area contributed by atoms with E-state index in [4.69, 9.17) is 11.1 Å². The Morgan fingerprint density at radius 1 is 1.67 bits per heavy atom. The Morgan fingerprint density at radius 2 is 2.47 bits per heavy atom. The maximum Gasteiger partial charge on any atom is 0.193 e. The number of nitrogens with two attached hydrogens (primary N) is 1. The Morgan fingerprint density at radius 3 is 3.27 bits per heavy atom. The van der Waals surface area contributed by atoms with Crippen molar-refractivity contribution in [3.05, 3.63) is 0 Å². The van der Waals surface area contributed by atoms with Gasteiger partial charge in [0.15, 0.2) is 17.6 Å². The molecule has 0 aromatic heterocycles. The van der Waals surface area contributed by atoms with Gasteiger partial charge in [-0.2, -0.15) is 0 Å². The average Bonchev–Trinajstić information content (AvgIpc) is 2.68. The molecular weight excluding hydrogens is 196 g/mol. The molecule has 15 heavy (non-hydrogen) atoms. The predicted octanol–water partition coefficient (Wildman–Crippen LogP) is -2.43. The molecule has 2 fully saturated rings. The molecule has 0 bridgehead atoms. The van der Waals surface area contributed by atoms with Gasteiger partial charge in [0.05, 0.1) is 6.10 Å². The molecule has 1 spiro atoms. The van der Waals surface area contributed by atoms with E-state index in [0.717, 1.165) is 0 Å². The van der Waals surface area contributed by atoms with Crippen LogP contribution in [-0.4, -0.2) is 52.8 Å². The SMILES string of the molecule is N=C1NCC2N=C(N)N[C@@]23[C@H](O)CCN13. The highest BCUT2D eigenvalue weighted by molar-refractivity contribution is 5.86. The van der Waals surface area contributed by atoms with Gasteiger partial charge in [-0.15, -0.1) is 0 Å². The second kappa shape index (κ2) is 2.54. The van der Waals surface area contributed by atoms with Gasteiger partial charge in [0.1, 0.15) is 6.04 Å². The van der Waals surface area contributed by atoms with Crippen molar-refractivity contribution in [2.24, 2.45) is 10.7 Å². The van der Waals surface area contributed by atoms with Gasteiger partial charge in [0, 0.05) is 13.1 Å². The van der Waals surface area contributed by atoms with Crippen LogP contribution in [0.25, 0.3) is 0 Å². The molecule has 2 saturated heterocycles. The van der Waals surface area contributed by atoms with E-state index in [1.807, 2.05) is 4.90 Å². The molecule has 7 heteroatoms. The minimum Gasteiger partial charge on any atom is -0.389 e. The molecule has 3 aliphatic rings. The summed E-state index contributed by atoms with van der Waals surface area (Å²) in [4.78, 5) is 6.07. The molecule has 0 amide bonds. The first kappa shape index (κ1) is 8.78. The van der Waals surface area contributed by atoms with Crippen molar-refractivity contribution in [2.45, 2.75) is 24.2 Å². The van der Waals surface area contributed by atoms with E-state index < -0.39 is 11.8 Å². The summed E-state index contributed by atoms with van der Waals surface area (Å²) in [5, 5.41) is 23.8. The van der Waals surface area contributed by atoms with Crippen molar-refractivity contribution in [3.63, 3.8) is 0 Å². The fraction of sp³-hybridized carbons (Fsp3) is 0.750. The van der Waals surface area contributed by atoms with Gasteiger partial charge >= 0.3 is 0 Å². The summed E-state index contributed by atoms with van der Waals surface area (Å²) in [7, 11) is 0. The highest BCUT2D eigenvalue weighted by Crippen LogP contribution is 2.36. The average molecular weight is 210 g/mol. The van der Waals surface area contributed by atoms with Crippen molar-refractivity contribution in [3.8, 4) is 0 Å². The molecule has 7 nitrogen and oxygen atoms in total. The first-order chi connectivity index (χ1) is 7.14. The van der Waals surface area contributed by atoms with Crippen molar-refractivity contribution >= 4 is 11.9 Å². The quantitative estimate of drug-likeness (QED) is 0.305. The van der Waals surface area contributed by atoms with Gasteiger partial charge in [-0.05, 0) is 6.42 Å². The van der Waals surface area contributed by atoms with Gasteiger partial charge in [0.25, 0.3) is 0 Å². The number of nitrogens with zero attached hydrogens (tertiary/aromatic N) is 2. The minimum atomic E-state index is -0.674. The summed E-state index contributed by atoms with van der Waals surface area (Å²) < 4.78 is 0. The van der Waals surface area contributed by atoms with Crippen molar-refractivity contribution < 1.29 is 5.11 Å². The van der Waals surface area contributed by atoms with E-state index in [-0.39, 0.29) is 6.04 Å². The van der Waals surface area contributed by atoms with Gasteiger partial charge in [-0.1, -0.05) is 0 Å². The van der Waals surface area contributed by atoms with Crippen molar-refractivity contribution in [2.75, 3.05) is 13.1 Å². The molecule has 0 aliphatic carbocycles. The molecule has 0 saturated carbocycles. The third-order valence-electron chi connectivity index (χ3n) is 3.44. The van der Waals surface area contributed by atoms with Crippen LogP contribution >= 0.6 is 0 Å². The molecule has 3 atom stereocenters. The Hall–Kier alpha value is -1.50. The Kier molecular flexibility index (Phi) is 1.49. The fourth-order valence-corrected chi connectivity index (χ4v) is 2.76. The fourth-order valence-electron chi connectivity index (χ4n) is 2.76. The second-order valence-corrected chi connectivity index (χ2v) is 4.17. The second-order valence-electron chi connectivity index (χ2n) is 4.17. The zero-order valence-corrected chi connectivity index (χ0v) is 8.20. The number of guanidine groups is 2. The lowest BCUT2D eigenvalue weighted by Gasteiger charge is -2.45. The van der Waals surface area contributed by atoms with Crippen LogP contribution in [-0.2, 0) is 0 Å². The van der Waals surface area contributed by atoms with E-state index in [1.165, 1.54) is 0 Å². The summed E-state index contributed by atoms with van der Waals surface area (Å²) in [6, 6.07) is -0.121. The summed E-state index contributed by atoms with van der Waals surface area (Å²) in [5.74, 6) is 0.683. The summed E-state index contributed by atoms with van der Waals surface area (Å²) in [6.45, 7) is 1.19. The maximum absolute atomic E-state index is 10.1. The molecule has 0 aromatic carbocycles. The van der Waals surface area contributed by atoms with Gasteiger partial charge in [-0.25, -0.2) is 4.99 Å². The standard InChI is InChI=1S/C8H14N6O/c9-6-12-4-3-11-7(10)14-2-1-5(15)8(4,14)13-6/h4-5,15H,1-3H2,(H2,10,11)(H3,9,12,13)/t4?,5-,8+/m1/s1. The minimum absolute atomic E-state index is 0.121. The number of aliphatic imine (C=N–C) groups is 1.